The molecule has 0 radical (unpaired) electrons. The largest absolute Gasteiger partial charge is 0.349 e. The van der Waals surface area contributed by atoms with E-state index in [9.17, 15) is 13.2 Å². The van der Waals surface area contributed by atoms with Gasteiger partial charge in [-0.15, -0.1) is 0 Å². The number of nitrogens with two attached hydrogens (primary N) is 1. The van der Waals surface area contributed by atoms with E-state index in [1.165, 1.54) is 0 Å². The number of sulfone groups is 1. The highest BCUT2D eigenvalue weighted by atomic mass is 32.2. The molecule has 0 heterocycles. The minimum absolute atomic E-state index is 0.0698. The van der Waals surface area contributed by atoms with E-state index < -0.39 is 15.9 Å². The average molecular weight is 270 g/mol. The molecule has 1 amide bonds. The molecular formula is C12H18N2O3S. The van der Waals surface area contributed by atoms with Crippen molar-refractivity contribution in [3.63, 3.8) is 0 Å². The highest BCUT2D eigenvalue weighted by Gasteiger charge is 2.14. The molecule has 0 aromatic heterocycles. The van der Waals surface area contributed by atoms with E-state index in [0.717, 1.165) is 11.8 Å². The van der Waals surface area contributed by atoms with Crippen LogP contribution in [-0.4, -0.2) is 32.4 Å². The molecule has 6 heteroatoms. The maximum Gasteiger partial charge on any atom is 0.251 e. The molecule has 0 saturated carbocycles. The second-order valence-corrected chi connectivity index (χ2v) is 6.55. The van der Waals surface area contributed by atoms with Crippen LogP contribution in [0.25, 0.3) is 0 Å². The molecule has 18 heavy (non-hydrogen) atoms. The first-order valence-corrected chi connectivity index (χ1v) is 7.65. The first-order chi connectivity index (χ1) is 8.31. The van der Waals surface area contributed by atoms with E-state index in [0.29, 0.717) is 12.1 Å². The molecule has 1 aromatic carbocycles. The van der Waals surface area contributed by atoms with Crippen LogP contribution in [0.4, 0.5) is 0 Å². The van der Waals surface area contributed by atoms with Crippen molar-refractivity contribution < 1.29 is 13.2 Å². The van der Waals surface area contributed by atoms with Gasteiger partial charge in [0.25, 0.3) is 5.91 Å². The molecule has 0 spiro atoms. The Balaban J connectivity index is 2.64. The molecule has 1 atom stereocenters. The first kappa shape index (κ1) is 14.7. The number of nitrogens with one attached hydrogen (secondary N) is 1. The quantitative estimate of drug-likeness (QED) is 0.805. The monoisotopic (exact) mass is 270 g/mol. The van der Waals surface area contributed by atoms with Gasteiger partial charge < -0.3 is 11.1 Å². The number of hydrogen-bond acceptors (Lipinski definition) is 4. The Morgan fingerprint density at radius 1 is 1.33 bits per heavy atom. The van der Waals surface area contributed by atoms with Gasteiger partial charge in [0.05, 0.1) is 5.75 Å². The van der Waals surface area contributed by atoms with Crippen molar-refractivity contribution in [1.29, 1.82) is 0 Å². The lowest BCUT2D eigenvalue weighted by molar-refractivity contribution is 0.0943. The van der Waals surface area contributed by atoms with Gasteiger partial charge in [-0.3, -0.25) is 4.79 Å². The van der Waals surface area contributed by atoms with Gasteiger partial charge in [-0.05, 0) is 24.6 Å². The van der Waals surface area contributed by atoms with Gasteiger partial charge in [0.15, 0.2) is 0 Å². The molecule has 100 valence electrons. The van der Waals surface area contributed by atoms with Gasteiger partial charge in [-0.25, -0.2) is 8.42 Å². The van der Waals surface area contributed by atoms with Gasteiger partial charge in [-0.2, -0.15) is 0 Å². The highest BCUT2D eigenvalue weighted by Crippen LogP contribution is 2.04. The molecule has 0 bridgehead atoms. The number of rotatable bonds is 5. The Morgan fingerprint density at radius 2 is 1.89 bits per heavy atom. The predicted octanol–water partition coefficient (Wildman–Crippen LogP) is 0.308. The summed E-state index contributed by atoms with van der Waals surface area (Å²) in [5.74, 6) is -0.352. The summed E-state index contributed by atoms with van der Waals surface area (Å²) in [5.41, 5.74) is 6.89. The lowest BCUT2D eigenvalue weighted by Crippen LogP contribution is -2.37. The van der Waals surface area contributed by atoms with Crippen molar-refractivity contribution >= 4 is 15.7 Å². The normalized spacial score (nSPS) is 13.1. The summed E-state index contributed by atoms with van der Waals surface area (Å²) in [5, 5.41) is 2.64. The zero-order valence-corrected chi connectivity index (χ0v) is 11.3. The summed E-state index contributed by atoms with van der Waals surface area (Å²) in [7, 11) is -3.09. The SMILES string of the molecule is CC(CS(C)(=O)=O)NC(=O)c1ccc(CN)cc1. The van der Waals surface area contributed by atoms with Crippen LogP contribution in [0, 0.1) is 0 Å². The summed E-state index contributed by atoms with van der Waals surface area (Å²) in [6.45, 7) is 2.08. The van der Waals surface area contributed by atoms with Crippen molar-refractivity contribution in [3.8, 4) is 0 Å². The van der Waals surface area contributed by atoms with Gasteiger partial charge in [0.1, 0.15) is 9.84 Å². The van der Waals surface area contributed by atoms with Gasteiger partial charge in [0, 0.05) is 24.4 Å². The highest BCUT2D eigenvalue weighted by molar-refractivity contribution is 7.90. The maximum atomic E-state index is 11.8. The molecule has 3 N–H and O–H groups in total. The van der Waals surface area contributed by atoms with Crippen LogP contribution >= 0.6 is 0 Å². The van der Waals surface area contributed by atoms with Crippen molar-refractivity contribution in [3.05, 3.63) is 35.4 Å². The van der Waals surface area contributed by atoms with Gasteiger partial charge in [0.2, 0.25) is 0 Å². The fraction of sp³-hybridized carbons (Fsp3) is 0.417. The van der Waals surface area contributed by atoms with E-state index in [4.69, 9.17) is 5.73 Å². The third-order valence-corrected chi connectivity index (χ3v) is 3.49. The number of benzene rings is 1. The molecule has 1 unspecified atom stereocenters. The molecular weight excluding hydrogens is 252 g/mol. The molecule has 1 aromatic rings. The number of hydrogen-bond donors (Lipinski definition) is 2. The molecule has 0 aliphatic rings. The van der Waals surface area contributed by atoms with Crippen LogP contribution in [0.3, 0.4) is 0 Å². The van der Waals surface area contributed by atoms with Gasteiger partial charge >= 0.3 is 0 Å². The Hall–Kier alpha value is -1.40. The van der Waals surface area contributed by atoms with Crippen molar-refractivity contribution in [2.45, 2.75) is 19.5 Å². The van der Waals surface area contributed by atoms with Gasteiger partial charge in [-0.1, -0.05) is 12.1 Å². The third kappa shape index (κ3) is 4.85. The van der Waals surface area contributed by atoms with Crippen molar-refractivity contribution in [1.82, 2.24) is 5.32 Å². The van der Waals surface area contributed by atoms with E-state index >= 15 is 0 Å². The zero-order valence-electron chi connectivity index (χ0n) is 10.5. The summed E-state index contributed by atoms with van der Waals surface area (Å²) >= 11 is 0. The minimum atomic E-state index is -3.09. The second-order valence-electron chi connectivity index (χ2n) is 4.37. The van der Waals surface area contributed by atoms with Crippen LogP contribution in [0.15, 0.2) is 24.3 Å². The zero-order chi connectivity index (χ0) is 13.8. The Bertz CT molecular complexity index is 509. The first-order valence-electron chi connectivity index (χ1n) is 5.59. The second kappa shape index (κ2) is 5.97. The maximum absolute atomic E-state index is 11.8. The summed E-state index contributed by atoms with van der Waals surface area (Å²) in [4.78, 5) is 11.8. The summed E-state index contributed by atoms with van der Waals surface area (Å²) < 4.78 is 22.2. The standard InChI is InChI=1S/C12H18N2O3S/c1-9(8-18(2,16)17)14-12(15)11-5-3-10(7-13)4-6-11/h3-6,9H,7-8,13H2,1-2H3,(H,14,15). The summed E-state index contributed by atoms with van der Waals surface area (Å²) in [6, 6.07) is 6.48. The number of carbonyl (C=O) groups excluding carboxylic acids is 1. The van der Waals surface area contributed by atoms with E-state index in [1.807, 2.05) is 0 Å². The Morgan fingerprint density at radius 3 is 2.33 bits per heavy atom. The van der Waals surface area contributed by atoms with Crippen LogP contribution in [0.5, 0.6) is 0 Å². The lowest BCUT2D eigenvalue weighted by Gasteiger charge is -2.12. The topological polar surface area (TPSA) is 89.3 Å². The smallest absolute Gasteiger partial charge is 0.251 e. The summed E-state index contributed by atoms with van der Waals surface area (Å²) in [6.07, 6.45) is 1.14. The Kier molecular flexibility index (Phi) is 4.86. The number of carbonyl (C=O) groups is 1. The fourth-order valence-corrected chi connectivity index (χ4v) is 2.59. The van der Waals surface area contributed by atoms with E-state index in [-0.39, 0.29) is 11.7 Å². The van der Waals surface area contributed by atoms with E-state index in [1.54, 1.807) is 31.2 Å². The Labute approximate surface area is 107 Å². The fourth-order valence-electron chi connectivity index (χ4n) is 1.60. The molecule has 0 aliphatic heterocycles. The minimum Gasteiger partial charge on any atom is -0.349 e. The molecule has 0 fully saturated rings. The van der Waals surface area contributed by atoms with Crippen LogP contribution in [0.1, 0.15) is 22.8 Å². The third-order valence-electron chi connectivity index (χ3n) is 2.38. The van der Waals surface area contributed by atoms with Crippen molar-refractivity contribution in [2.75, 3.05) is 12.0 Å². The molecule has 5 nitrogen and oxygen atoms in total. The molecule has 0 saturated heterocycles. The van der Waals surface area contributed by atoms with Crippen LogP contribution in [0.2, 0.25) is 0 Å². The van der Waals surface area contributed by atoms with Crippen LogP contribution in [-0.2, 0) is 16.4 Å². The molecule has 0 aliphatic carbocycles. The average Bonchev–Trinajstić information content (AvgIpc) is 2.26. The predicted molar refractivity (Wildman–Crippen MR) is 71.0 cm³/mol. The lowest BCUT2D eigenvalue weighted by atomic mass is 10.1. The van der Waals surface area contributed by atoms with Crippen molar-refractivity contribution in [2.24, 2.45) is 5.73 Å². The van der Waals surface area contributed by atoms with Crippen LogP contribution < -0.4 is 11.1 Å². The molecule has 1 rings (SSSR count). The number of amides is 1. The van der Waals surface area contributed by atoms with E-state index in [2.05, 4.69) is 5.32 Å².